The second-order valence-electron chi connectivity index (χ2n) is 13.9. The average molecular weight is 595 g/mol. The summed E-state index contributed by atoms with van der Waals surface area (Å²) in [4.78, 5) is 21.2. The molecule has 2 bridgehead atoms. The van der Waals surface area contributed by atoms with Crippen LogP contribution in [0.15, 0.2) is 0 Å². The van der Waals surface area contributed by atoms with Gasteiger partial charge in [-0.3, -0.25) is 14.6 Å². The van der Waals surface area contributed by atoms with Gasteiger partial charge in [0.25, 0.3) is 0 Å². The van der Waals surface area contributed by atoms with Crippen LogP contribution in [0.4, 0.5) is 26.3 Å². The molecule has 7 nitrogen and oxygen atoms in total. The maximum atomic E-state index is 16.1. The maximum Gasteiger partial charge on any atom is 0.392 e. The molecule has 0 aromatic rings. The number of carbonyl (C=O) groups is 1. The number of carbonyl (C=O) groups excluding carboxylic acids is 1. The first-order chi connectivity index (χ1) is 19.2. The van der Waals surface area contributed by atoms with Crippen LogP contribution in [0.3, 0.4) is 0 Å². The predicted octanol–water partition coefficient (Wildman–Crippen LogP) is 3.43. The number of rotatable bonds is 5. The molecule has 2 saturated carbocycles. The van der Waals surface area contributed by atoms with Crippen LogP contribution in [-0.4, -0.2) is 114 Å². The van der Waals surface area contributed by atoms with Crippen LogP contribution >= 0.6 is 0 Å². The van der Waals surface area contributed by atoms with E-state index in [1.807, 2.05) is 0 Å². The van der Waals surface area contributed by atoms with E-state index in [0.717, 1.165) is 32.9 Å². The normalized spacial score (nSPS) is 43.0. The highest BCUT2D eigenvalue weighted by molar-refractivity contribution is 5.82. The van der Waals surface area contributed by atoms with Crippen molar-refractivity contribution in [1.82, 2.24) is 30.5 Å². The number of fused-ring (bicyclic) bond motifs is 4. The van der Waals surface area contributed by atoms with Crippen LogP contribution in [0, 0.1) is 23.7 Å². The number of likely N-dealkylation sites (tertiary alicyclic amines) is 1. The third-order valence-corrected chi connectivity index (χ3v) is 11.7. The molecule has 7 rings (SSSR count). The van der Waals surface area contributed by atoms with Crippen molar-refractivity contribution in [3.63, 3.8) is 0 Å². The monoisotopic (exact) mass is 594 g/mol. The van der Waals surface area contributed by atoms with Gasteiger partial charge in [0.15, 0.2) is 5.67 Å². The summed E-state index contributed by atoms with van der Waals surface area (Å²) >= 11 is 0. The van der Waals surface area contributed by atoms with Crippen LogP contribution in [0.5, 0.6) is 0 Å². The van der Waals surface area contributed by atoms with Gasteiger partial charge >= 0.3 is 12.1 Å². The highest BCUT2D eigenvalue weighted by Gasteiger charge is 2.64. The van der Waals surface area contributed by atoms with E-state index in [2.05, 4.69) is 27.7 Å². The third-order valence-electron chi connectivity index (χ3n) is 11.7. The number of nitrogens with one attached hydrogen (secondary N) is 2. The van der Waals surface area contributed by atoms with Gasteiger partial charge in [-0.15, -0.1) is 0 Å². The Hall–Kier alpha value is -1.15. The Balaban J connectivity index is 1.19. The first-order valence-electron chi connectivity index (χ1n) is 15.3. The van der Waals surface area contributed by atoms with Gasteiger partial charge in [-0.05, 0) is 71.9 Å². The second kappa shape index (κ2) is 10.5. The summed E-state index contributed by atoms with van der Waals surface area (Å²) in [6, 6.07) is -0.290. The zero-order valence-corrected chi connectivity index (χ0v) is 24.1. The number of piperidine rings is 2. The van der Waals surface area contributed by atoms with E-state index in [-0.39, 0.29) is 50.5 Å². The fourth-order valence-corrected chi connectivity index (χ4v) is 9.19. The van der Waals surface area contributed by atoms with Crippen LogP contribution in [0.1, 0.15) is 58.3 Å². The molecule has 0 aromatic heterocycles. The quantitative estimate of drug-likeness (QED) is 0.476. The minimum absolute atomic E-state index is 0.00325. The zero-order chi connectivity index (χ0) is 29.5. The topological polar surface area (TPSA) is 54.1 Å². The largest absolute Gasteiger partial charge is 0.392 e. The first-order valence-corrected chi connectivity index (χ1v) is 15.3. The van der Waals surface area contributed by atoms with Crippen molar-refractivity contribution < 1.29 is 31.1 Å². The Kier molecular flexibility index (Phi) is 7.65. The van der Waals surface area contributed by atoms with Gasteiger partial charge < -0.3 is 9.80 Å². The number of amides is 1. The van der Waals surface area contributed by atoms with Crippen molar-refractivity contribution in [2.75, 3.05) is 40.4 Å². The molecule has 5 aliphatic heterocycles. The smallest absolute Gasteiger partial charge is 0.339 e. The van der Waals surface area contributed by atoms with E-state index < -0.39 is 53.6 Å². The Morgan fingerprint density at radius 2 is 1.54 bits per heavy atom. The lowest BCUT2D eigenvalue weighted by Crippen LogP contribution is -2.65. The molecule has 0 radical (unpaired) electrons. The summed E-state index contributed by atoms with van der Waals surface area (Å²) in [6.07, 6.45) is -2.31. The molecule has 10 atom stereocenters. The number of hydrazine groups is 1. The molecule has 1 amide bonds. The first kappa shape index (κ1) is 29.9. The third kappa shape index (κ3) is 4.99. The van der Waals surface area contributed by atoms with Crippen molar-refractivity contribution in [2.24, 2.45) is 23.7 Å². The van der Waals surface area contributed by atoms with Gasteiger partial charge in [0, 0.05) is 55.6 Å². The van der Waals surface area contributed by atoms with Gasteiger partial charge in [0.05, 0.1) is 12.6 Å². The lowest BCUT2D eigenvalue weighted by Gasteiger charge is -2.55. The van der Waals surface area contributed by atoms with E-state index in [4.69, 9.17) is 0 Å². The fourth-order valence-electron chi connectivity index (χ4n) is 9.19. The molecule has 7 fully saturated rings. The fraction of sp³-hybridized carbons (Fsp3) is 0.964. The zero-order valence-electron chi connectivity index (χ0n) is 24.1. The summed E-state index contributed by atoms with van der Waals surface area (Å²) in [5.41, 5.74) is 2.23. The standard InChI is InChI=1S/C28H44F6N6O/c1-26(29,27(30,31)25-36-35-15-38(25)3)16-5-4-6-17(9-16)40-14-22-21(24(40)41)10-20(11-23(22)28(32,33)34)39-13-18-7-8-19(39)12-37(18)2/h16-23,25,35-36H,4-15H2,1-3H3/t16?,17?,18?,19?,20?,21?,22?,23?,25?,26-/m1/s1. The number of piperazine rings is 1. The molecular weight excluding hydrogens is 550 g/mol. The minimum atomic E-state index is -4.42. The summed E-state index contributed by atoms with van der Waals surface area (Å²) in [7, 11) is 3.55. The summed E-state index contributed by atoms with van der Waals surface area (Å²) in [6.45, 7) is 2.63. The van der Waals surface area contributed by atoms with Crippen LogP contribution in [0.25, 0.3) is 0 Å². The molecule has 5 heterocycles. The van der Waals surface area contributed by atoms with E-state index in [1.165, 1.54) is 16.8 Å². The van der Waals surface area contributed by atoms with Gasteiger partial charge in [0.2, 0.25) is 5.91 Å². The average Bonchev–Trinajstić information content (AvgIpc) is 3.51. The molecule has 2 N–H and O–H groups in total. The molecule has 0 spiro atoms. The molecule has 0 aromatic carbocycles. The molecular formula is C28H44F6N6O. The van der Waals surface area contributed by atoms with E-state index >= 15 is 13.2 Å². The molecule has 5 saturated heterocycles. The lowest BCUT2D eigenvalue weighted by molar-refractivity contribution is -0.208. The van der Waals surface area contributed by atoms with Gasteiger partial charge in [0.1, 0.15) is 6.17 Å². The van der Waals surface area contributed by atoms with Crippen LogP contribution in [0.2, 0.25) is 0 Å². The van der Waals surface area contributed by atoms with Crippen LogP contribution in [-0.2, 0) is 4.79 Å². The minimum Gasteiger partial charge on any atom is -0.339 e. The number of likely N-dealkylation sites (N-methyl/N-ethyl adjacent to an activating group) is 1. The number of alkyl halides is 6. The molecule has 7 aliphatic rings. The van der Waals surface area contributed by atoms with Crippen molar-refractivity contribution in [3.8, 4) is 0 Å². The van der Waals surface area contributed by atoms with E-state index in [1.54, 1.807) is 0 Å². The van der Waals surface area contributed by atoms with E-state index in [9.17, 15) is 18.0 Å². The Labute approximate surface area is 238 Å². The van der Waals surface area contributed by atoms with Crippen molar-refractivity contribution >= 4 is 5.91 Å². The molecule has 2 aliphatic carbocycles. The van der Waals surface area contributed by atoms with Crippen molar-refractivity contribution in [2.45, 2.75) is 106 Å². The highest BCUT2D eigenvalue weighted by Crippen LogP contribution is 2.52. The van der Waals surface area contributed by atoms with Gasteiger partial charge in [-0.1, -0.05) is 6.42 Å². The van der Waals surface area contributed by atoms with Gasteiger partial charge in [-0.25, -0.2) is 15.2 Å². The number of hydrogen-bond acceptors (Lipinski definition) is 6. The van der Waals surface area contributed by atoms with Crippen LogP contribution < -0.4 is 10.9 Å². The predicted molar refractivity (Wildman–Crippen MR) is 140 cm³/mol. The van der Waals surface area contributed by atoms with Crippen molar-refractivity contribution in [3.05, 3.63) is 0 Å². The van der Waals surface area contributed by atoms with Crippen molar-refractivity contribution in [1.29, 1.82) is 0 Å². The Morgan fingerprint density at radius 3 is 2.15 bits per heavy atom. The summed E-state index contributed by atoms with van der Waals surface area (Å²) in [5.74, 6) is -8.20. The molecule has 41 heavy (non-hydrogen) atoms. The summed E-state index contributed by atoms with van der Waals surface area (Å²) in [5, 5.41) is 0. The number of hydrogen-bond donors (Lipinski definition) is 2. The SMILES string of the molecule is CN1CC2CCC1CN2C1CC2C(=O)N(C3CCCC([C@@](C)(F)C(F)(F)C4NNCN4C)C3)CC2C(C(F)(F)F)C1. The number of nitrogens with zero attached hydrogens (tertiary/aromatic N) is 4. The molecule has 234 valence electrons. The molecule has 13 heteroatoms. The maximum absolute atomic E-state index is 16.1. The number of halogens is 6. The molecule has 9 unspecified atom stereocenters. The lowest BCUT2D eigenvalue weighted by atomic mass is 9.70. The van der Waals surface area contributed by atoms with E-state index in [0.29, 0.717) is 25.3 Å². The van der Waals surface area contributed by atoms with Gasteiger partial charge in [-0.2, -0.15) is 22.0 Å². The highest BCUT2D eigenvalue weighted by atomic mass is 19.4. The Bertz CT molecular complexity index is 998. The second-order valence-corrected chi connectivity index (χ2v) is 13.9. The Morgan fingerprint density at radius 1 is 0.805 bits per heavy atom. The summed E-state index contributed by atoms with van der Waals surface area (Å²) < 4.78 is 90.6.